The van der Waals surface area contributed by atoms with Gasteiger partial charge < -0.3 is 4.42 Å². The van der Waals surface area contributed by atoms with Crippen molar-refractivity contribution in [2.24, 2.45) is 7.05 Å². The molecule has 0 N–H and O–H groups in total. The molecule has 0 radical (unpaired) electrons. The van der Waals surface area contributed by atoms with E-state index in [1.165, 1.54) is 50.1 Å². The Morgan fingerprint density at radius 3 is 1.59 bits per heavy atom. The molecule has 5 aromatic carbocycles. The standard InChI is InChI=1S/C37H26NO/c1-23-18-19-30-33-21-31-28-15-7-5-13-26(28)24-11-3-4-12-25(24)27-14-6-8-16-29(27)32(31)22-35(33)39-37(30)36(23)34-17-9-10-20-38(34)2/h3-22H,1-2H3/q+1. The molecule has 0 spiro atoms. The Kier molecular flexibility index (Phi) is 4.68. The molecule has 0 atom stereocenters. The van der Waals surface area contributed by atoms with Crippen molar-refractivity contribution < 1.29 is 8.98 Å². The summed E-state index contributed by atoms with van der Waals surface area (Å²) in [7, 11) is 2.09. The lowest BCUT2D eigenvalue weighted by Gasteiger charge is -2.23. The first-order valence-corrected chi connectivity index (χ1v) is 13.4. The molecule has 8 rings (SSSR count). The molecule has 0 unspecified atom stereocenters. The maximum atomic E-state index is 6.77. The summed E-state index contributed by atoms with van der Waals surface area (Å²) in [6.07, 6.45) is 2.09. The molecule has 184 valence electrons. The van der Waals surface area contributed by atoms with Crippen LogP contribution < -0.4 is 4.57 Å². The van der Waals surface area contributed by atoms with E-state index < -0.39 is 0 Å². The van der Waals surface area contributed by atoms with E-state index in [2.05, 4.69) is 140 Å². The van der Waals surface area contributed by atoms with E-state index in [0.717, 1.165) is 33.2 Å². The number of aromatic nitrogens is 1. The summed E-state index contributed by atoms with van der Waals surface area (Å²) in [5, 5.41) is 2.29. The van der Waals surface area contributed by atoms with Gasteiger partial charge in [0.15, 0.2) is 6.20 Å². The molecule has 0 amide bonds. The monoisotopic (exact) mass is 500 g/mol. The molecule has 1 aliphatic carbocycles. The Morgan fingerprint density at radius 1 is 0.513 bits per heavy atom. The zero-order valence-corrected chi connectivity index (χ0v) is 21.9. The van der Waals surface area contributed by atoms with Crippen molar-refractivity contribution in [3.8, 4) is 55.8 Å². The molecular weight excluding hydrogens is 474 g/mol. The van der Waals surface area contributed by atoms with Crippen molar-refractivity contribution in [2.75, 3.05) is 0 Å². The van der Waals surface area contributed by atoms with E-state index in [4.69, 9.17) is 4.42 Å². The van der Waals surface area contributed by atoms with Crippen molar-refractivity contribution >= 4 is 21.9 Å². The summed E-state index contributed by atoms with van der Waals surface area (Å²) in [6.45, 7) is 2.16. The number of hydrogen-bond acceptors (Lipinski definition) is 1. The number of furan rings is 1. The van der Waals surface area contributed by atoms with Gasteiger partial charge in [-0.25, -0.2) is 4.57 Å². The van der Waals surface area contributed by atoms with Crippen LogP contribution in [0.2, 0.25) is 0 Å². The third-order valence-corrected chi connectivity index (χ3v) is 8.24. The van der Waals surface area contributed by atoms with Crippen LogP contribution in [0.3, 0.4) is 0 Å². The highest BCUT2D eigenvalue weighted by atomic mass is 16.3. The fraction of sp³-hybridized carbons (Fsp3) is 0.0541. The molecule has 0 fully saturated rings. The van der Waals surface area contributed by atoms with E-state index in [9.17, 15) is 0 Å². The molecule has 1 aliphatic rings. The predicted octanol–water partition coefficient (Wildman–Crippen LogP) is 9.37. The van der Waals surface area contributed by atoms with Crippen LogP contribution in [0.4, 0.5) is 0 Å². The smallest absolute Gasteiger partial charge is 0.216 e. The maximum Gasteiger partial charge on any atom is 0.216 e. The van der Waals surface area contributed by atoms with Crippen molar-refractivity contribution in [1.29, 1.82) is 0 Å². The second-order valence-electron chi connectivity index (χ2n) is 10.5. The first kappa shape index (κ1) is 22.1. The molecule has 0 bridgehead atoms. The summed E-state index contributed by atoms with van der Waals surface area (Å²) in [5.41, 5.74) is 15.3. The normalized spacial score (nSPS) is 11.8. The quantitative estimate of drug-likeness (QED) is 0.205. The lowest BCUT2D eigenvalue weighted by atomic mass is 9.80. The molecule has 0 saturated heterocycles. The van der Waals surface area contributed by atoms with Gasteiger partial charge in [-0.15, -0.1) is 0 Å². The predicted molar refractivity (Wildman–Crippen MR) is 160 cm³/mol. The van der Waals surface area contributed by atoms with Crippen molar-refractivity contribution in [3.05, 3.63) is 127 Å². The number of rotatable bonds is 1. The van der Waals surface area contributed by atoms with Gasteiger partial charge in [-0.2, -0.15) is 0 Å². The van der Waals surface area contributed by atoms with Gasteiger partial charge in [-0.05, 0) is 75.2 Å². The van der Waals surface area contributed by atoms with Crippen LogP contribution in [0.5, 0.6) is 0 Å². The molecule has 2 nitrogen and oxygen atoms in total. The lowest BCUT2D eigenvalue weighted by molar-refractivity contribution is -0.660. The summed E-state index contributed by atoms with van der Waals surface area (Å²) in [6, 6.07) is 41.7. The van der Waals surface area contributed by atoms with Crippen LogP contribution >= 0.6 is 0 Å². The Balaban J connectivity index is 1.52. The van der Waals surface area contributed by atoms with E-state index in [0.29, 0.717) is 0 Å². The minimum Gasteiger partial charge on any atom is -0.455 e. The average molecular weight is 501 g/mol. The van der Waals surface area contributed by atoms with E-state index in [1.54, 1.807) is 0 Å². The Morgan fingerprint density at radius 2 is 1.03 bits per heavy atom. The topological polar surface area (TPSA) is 17.0 Å². The first-order chi connectivity index (χ1) is 19.2. The van der Waals surface area contributed by atoms with Crippen LogP contribution in [0.25, 0.3) is 77.7 Å². The molecular formula is C37H26NO+. The third kappa shape index (κ3) is 3.18. The van der Waals surface area contributed by atoms with Gasteiger partial charge in [0.2, 0.25) is 5.69 Å². The molecule has 0 saturated carbocycles. The van der Waals surface area contributed by atoms with Crippen molar-refractivity contribution in [3.63, 3.8) is 0 Å². The van der Waals surface area contributed by atoms with Gasteiger partial charge in [0.05, 0.1) is 5.56 Å². The summed E-state index contributed by atoms with van der Waals surface area (Å²) < 4.78 is 8.94. The largest absolute Gasteiger partial charge is 0.455 e. The highest BCUT2D eigenvalue weighted by Gasteiger charge is 2.25. The molecule has 39 heavy (non-hydrogen) atoms. The molecule has 2 heteroatoms. The number of aryl methyl sites for hydroxylation is 2. The lowest BCUT2D eigenvalue weighted by Crippen LogP contribution is -2.30. The zero-order chi connectivity index (χ0) is 26.1. The molecule has 2 heterocycles. The van der Waals surface area contributed by atoms with Crippen LogP contribution in [0.1, 0.15) is 5.56 Å². The van der Waals surface area contributed by atoms with Crippen molar-refractivity contribution in [2.45, 2.75) is 6.92 Å². The number of hydrogen-bond donors (Lipinski definition) is 0. The van der Waals surface area contributed by atoms with Gasteiger partial charge in [-0.1, -0.05) is 84.9 Å². The SMILES string of the molecule is Cc1ccc2c(oc3cc4c(cc32)-c2ccccc2-c2ccccc2-c2ccccc2-4)c1-c1cccc[n+]1C. The highest BCUT2D eigenvalue weighted by molar-refractivity contribution is 6.14. The second-order valence-corrected chi connectivity index (χ2v) is 10.5. The van der Waals surface area contributed by atoms with E-state index in [1.807, 2.05) is 0 Å². The van der Waals surface area contributed by atoms with Gasteiger partial charge in [0.1, 0.15) is 18.2 Å². The van der Waals surface area contributed by atoms with Gasteiger partial charge in [0, 0.05) is 22.9 Å². The molecule has 2 aromatic heterocycles. The second kappa shape index (κ2) is 8.28. The van der Waals surface area contributed by atoms with Gasteiger partial charge >= 0.3 is 0 Å². The minimum atomic E-state index is 0.912. The Hall–Kier alpha value is -4.95. The summed E-state index contributed by atoms with van der Waals surface area (Å²) in [5.74, 6) is 0. The Labute approximate surface area is 227 Å². The van der Waals surface area contributed by atoms with Gasteiger partial charge in [-0.3, -0.25) is 0 Å². The van der Waals surface area contributed by atoms with Gasteiger partial charge in [0.25, 0.3) is 0 Å². The van der Waals surface area contributed by atoms with Crippen LogP contribution in [0, 0.1) is 6.92 Å². The van der Waals surface area contributed by atoms with E-state index in [-0.39, 0.29) is 0 Å². The minimum absolute atomic E-state index is 0.912. The highest BCUT2D eigenvalue weighted by Crippen LogP contribution is 2.49. The number of pyridine rings is 1. The molecule has 0 aliphatic heterocycles. The number of nitrogens with zero attached hydrogens (tertiary/aromatic N) is 1. The van der Waals surface area contributed by atoms with Crippen LogP contribution in [0.15, 0.2) is 126 Å². The average Bonchev–Trinajstić information content (AvgIpc) is 3.34. The van der Waals surface area contributed by atoms with E-state index >= 15 is 0 Å². The molecule has 7 aromatic rings. The van der Waals surface area contributed by atoms with Crippen LogP contribution in [-0.4, -0.2) is 0 Å². The first-order valence-electron chi connectivity index (χ1n) is 13.4. The Bertz CT molecular complexity index is 2100. The van der Waals surface area contributed by atoms with Crippen LogP contribution in [-0.2, 0) is 7.05 Å². The summed E-state index contributed by atoms with van der Waals surface area (Å²) in [4.78, 5) is 0. The fourth-order valence-corrected chi connectivity index (χ4v) is 6.39. The fourth-order valence-electron chi connectivity index (χ4n) is 6.39. The zero-order valence-electron chi connectivity index (χ0n) is 21.9. The number of benzene rings is 5. The maximum absolute atomic E-state index is 6.77. The third-order valence-electron chi connectivity index (χ3n) is 8.24. The van der Waals surface area contributed by atoms with Crippen molar-refractivity contribution in [1.82, 2.24) is 0 Å². The number of fused-ring (bicyclic) bond motifs is 11. The summed E-state index contributed by atoms with van der Waals surface area (Å²) >= 11 is 0.